The third-order valence-electron chi connectivity index (χ3n) is 6.42. The van der Waals surface area contributed by atoms with Crippen LogP contribution in [-0.4, -0.2) is 95.6 Å². The molecule has 3 fully saturated rings. The zero-order valence-corrected chi connectivity index (χ0v) is 35.0. The van der Waals surface area contributed by atoms with Crippen LogP contribution in [0.2, 0.25) is 0 Å². The summed E-state index contributed by atoms with van der Waals surface area (Å²) in [6.45, 7) is 7.52. The van der Waals surface area contributed by atoms with Crippen LogP contribution in [0.1, 0.15) is 119 Å². The number of amides is 6. The van der Waals surface area contributed by atoms with Gasteiger partial charge in [0.2, 0.25) is 0 Å². The zero-order chi connectivity index (χ0) is 42.2. The first kappa shape index (κ1) is 53.4. The normalized spacial score (nSPS) is 15.9. The molecule has 0 spiro atoms. The molecular weight excluding hydrogens is 830 g/mol. The van der Waals surface area contributed by atoms with Crippen molar-refractivity contribution in [2.75, 3.05) is 0 Å². The lowest BCUT2D eigenvalue weighted by Gasteiger charge is -2.16. The Hall–Kier alpha value is -2.73. The molecule has 0 aromatic heterocycles. The lowest BCUT2D eigenvalue weighted by atomic mass is 10.1. The Morgan fingerprint density at radius 2 is 1.13 bits per heavy atom. The summed E-state index contributed by atoms with van der Waals surface area (Å²) in [7, 11) is 2.03. The minimum atomic E-state index is -4.63. The summed E-state index contributed by atoms with van der Waals surface area (Å²) in [5.41, 5.74) is 0. The number of unbranched alkanes of at least 4 members (excludes halogenated alkanes) is 1. The summed E-state index contributed by atoms with van der Waals surface area (Å²) in [6.07, 6.45) is 3.26. The fourth-order valence-corrected chi connectivity index (χ4v) is 4.62. The van der Waals surface area contributed by atoms with Crippen LogP contribution in [0.4, 0.5) is 0 Å². The Morgan fingerprint density at radius 3 is 1.41 bits per heavy atom. The lowest BCUT2D eigenvalue weighted by molar-refractivity contribution is -0.197. The van der Waals surface area contributed by atoms with E-state index in [9.17, 15) is 51.6 Å². The molecule has 3 saturated heterocycles. The van der Waals surface area contributed by atoms with Crippen LogP contribution in [0.5, 0.6) is 0 Å². The summed E-state index contributed by atoms with van der Waals surface area (Å²) in [4.78, 5) is 114. The summed E-state index contributed by atoms with van der Waals surface area (Å²) in [6, 6.07) is 0. The van der Waals surface area contributed by atoms with Gasteiger partial charge in [-0.05, 0) is 32.2 Å². The van der Waals surface area contributed by atoms with E-state index in [1.165, 1.54) is 0 Å². The first-order valence-electron chi connectivity index (χ1n) is 16.4. The minimum Gasteiger partial charge on any atom is -0.330 e. The van der Waals surface area contributed by atoms with E-state index in [0.29, 0.717) is 35.3 Å². The van der Waals surface area contributed by atoms with Gasteiger partial charge in [-0.25, -0.2) is 14.4 Å². The van der Waals surface area contributed by atoms with Crippen LogP contribution in [0.15, 0.2) is 0 Å². The van der Waals surface area contributed by atoms with E-state index in [1.54, 1.807) is 6.92 Å². The highest BCUT2D eigenvalue weighted by atomic mass is 32.6. The molecule has 3 rings (SSSR count). The summed E-state index contributed by atoms with van der Waals surface area (Å²) in [5.74, 6) is -5.12. The Bertz CT molecular complexity index is 1460. The van der Waals surface area contributed by atoms with E-state index in [1.807, 2.05) is 20.8 Å². The number of carbonyl (C=O) groups is 9. The number of hydrogen-bond donors (Lipinski definition) is 1. The summed E-state index contributed by atoms with van der Waals surface area (Å²) < 4.78 is 37.0. The molecule has 18 nitrogen and oxygen atoms in total. The molecule has 304 valence electrons. The van der Waals surface area contributed by atoms with Crippen molar-refractivity contribution in [2.24, 2.45) is 5.92 Å². The molecule has 0 aliphatic carbocycles. The first-order valence-corrected chi connectivity index (χ1v) is 23.0. The predicted molar refractivity (Wildman–Crippen MR) is 208 cm³/mol. The second-order valence-electron chi connectivity index (χ2n) is 11.1. The average molecular weight is 880 g/mol. The maximum atomic E-state index is 11.5. The number of imide groups is 3. The number of rotatable bonds is 13. The Kier molecular flexibility index (Phi) is 30.1. The van der Waals surface area contributed by atoms with Gasteiger partial charge in [-0.15, -0.1) is 15.2 Å². The van der Waals surface area contributed by atoms with Gasteiger partial charge in [0, 0.05) is 51.4 Å². The van der Waals surface area contributed by atoms with Gasteiger partial charge in [0.05, 0.1) is 7.18 Å². The van der Waals surface area contributed by atoms with E-state index >= 15 is 0 Å². The maximum absolute atomic E-state index is 11.5. The molecule has 2 radical (unpaired) electrons. The van der Waals surface area contributed by atoms with Crippen LogP contribution in [0.3, 0.4) is 0 Å². The third kappa shape index (κ3) is 23.3. The number of carbonyl (C=O) groups excluding carboxylic acids is 9. The largest absolute Gasteiger partial charge is 0.456 e. The third-order valence-corrected chi connectivity index (χ3v) is 7.57. The molecule has 6 amide bonds. The highest BCUT2D eigenvalue weighted by Gasteiger charge is 2.39. The van der Waals surface area contributed by atoms with Crippen molar-refractivity contribution < 1.29 is 70.6 Å². The quantitative estimate of drug-likeness (QED) is 0.120. The first-order chi connectivity index (χ1) is 25.1. The lowest BCUT2D eigenvalue weighted by Crippen LogP contribution is -2.39. The van der Waals surface area contributed by atoms with E-state index in [0.717, 1.165) is 13.5 Å². The molecule has 3 aliphatic rings. The van der Waals surface area contributed by atoms with Crippen LogP contribution in [-0.2, 0) is 91.4 Å². The second-order valence-corrected chi connectivity index (χ2v) is 16.3. The molecule has 54 heavy (non-hydrogen) atoms. The van der Waals surface area contributed by atoms with Gasteiger partial charge >= 0.3 is 26.8 Å². The topological polar surface area (TPSA) is 245 Å². The summed E-state index contributed by atoms with van der Waals surface area (Å²) >= 11 is 8.46. The number of nitrogens with zero attached hydrogens (tertiary/aromatic N) is 3. The van der Waals surface area contributed by atoms with Crippen molar-refractivity contribution in [1.29, 1.82) is 1.28 Å². The fraction of sp³-hybridized carbons (Fsp3) is 0.690. The molecule has 0 bridgehead atoms. The van der Waals surface area contributed by atoms with Gasteiger partial charge in [0.25, 0.3) is 45.6 Å². The van der Waals surface area contributed by atoms with Crippen molar-refractivity contribution >= 4 is 118 Å². The standard InChI is InChI=1S/C10H15NO4.C9H13NO7S.C9H13NO4.CH4.BHPS.H2P2S/c1-7(2)3-6-10(14)15-11-8(12)4-5-9(11)13;1-2-3-6(18(14,15)16)9(13)17-10-7(11)4-5-8(10)12;1-2-3-4-9(13)14-10-7(11)5-6-8(10)12;;2*1-2-3/h7H,3-6H2,1-2H3;6H,2-5H2,1H3,(H,14,15,16);2-6H2,1H3;1H4;2H;1H2/q;;;;+1;/i;;;;2D;. The minimum absolute atomic E-state index is 0. The Morgan fingerprint density at radius 1 is 0.815 bits per heavy atom. The number of hydroxylamine groups is 6. The highest BCUT2D eigenvalue weighted by molar-refractivity contribution is 8.24. The van der Waals surface area contributed by atoms with Crippen LogP contribution in [0, 0.1) is 5.92 Å². The fourth-order valence-electron chi connectivity index (χ4n) is 3.80. The highest BCUT2D eigenvalue weighted by Crippen LogP contribution is 2.17. The van der Waals surface area contributed by atoms with Gasteiger partial charge in [-0.3, -0.25) is 33.3 Å². The molecule has 1 N–H and O–H groups in total. The summed E-state index contributed by atoms with van der Waals surface area (Å²) in [5, 5.41) is -0.375. The monoisotopic (exact) mass is 879 g/mol. The van der Waals surface area contributed by atoms with E-state index in [2.05, 4.69) is 54.6 Å². The van der Waals surface area contributed by atoms with E-state index < -0.39 is 75.9 Å². The molecule has 0 aromatic rings. The smallest absolute Gasteiger partial charge is 0.330 e. The van der Waals surface area contributed by atoms with Gasteiger partial charge in [0.15, 0.2) is 5.25 Å². The van der Waals surface area contributed by atoms with Gasteiger partial charge in [-0.2, -0.15) is 8.42 Å². The van der Waals surface area contributed by atoms with Crippen molar-refractivity contribution in [3.63, 3.8) is 0 Å². The Balaban J connectivity index is -0.000000676. The maximum Gasteiger partial charge on any atom is 0.456 e. The van der Waals surface area contributed by atoms with Crippen LogP contribution < -0.4 is 0 Å². The van der Waals surface area contributed by atoms with E-state index in [-0.39, 0.29) is 70.3 Å². The molecule has 25 heteroatoms. The van der Waals surface area contributed by atoms with Crippen molar-refractivity contribution in [1.82, 2.24) is 15.2 Å². The molecule has 0 aromatic carbocycles. The van der Waals surface area contributed by atoms with Crippen molar-refractivity contribution in [3.8, 4) is 0 Å². The molecule has 3 unspecified atom stereocenters. The SMILES string of the molecule is C.CC(C)CCC(=O)ON1C(=O)CCC1=O.CCCC(C(=O)ON1C(=O)CCC1=O)S(=O)(=O)O.CCCCC(=O)ON1C(=O)CCC1=O.PP=S.[2H][P+]([B])=S. The molecule has 3 aliphatic heterocycles. The van der Waals surface area contributed by atoms with Crippen LogP contribution >= 0.6 is 23.2 Å². The average Bonchev–Trinajstić information content (AvgIpc) is 3.68. The molecule has 3 atom stereocenters. The van der Waals surface area contributed by atoms with Gasteiger partial charge < -0.3 is 14.5 Å². The van der Waals surface area contributed by atoms with Crippen LogP contribution in [0.25, 0.3) is 0 Å². The van der Waals surface area contributed by atoms with Gasteiger partial charge in [0.1, 0.15) is 11.8 Å². The molecular formula is C29H48BN3O15P3S3+. The molecule has 0 saturated carbocycles. The van der Waals surface area contributed by atoms with E-state index in [4.69, 9.17) is 5.83 Å². The molecule has 3 heterocycles. The predicted octanol–water partition coefficient (Wildman–Crippen LogP) is 3.49. The zero-order valence-electron chi connectivity index (χ0n) is 30.6. The van der Waals surface area contributed by atoms with Gasteiger partial charge in [-0.1, -0.05) is 68.7 Å². The van der Waals surface area contributed by atoms with Crippen molar-refractivity contribution in [3.05, 3.63) is 0 Å². The van der Waals surface area contributed by atoms with Crippen molar-refractivity contribution in [2.45, 2.75) is 124 Å². The number of hydrogen-bond acceptors (Lipinski definition) is 16. The Labute approximate surface area is 333 Å². The second kappa shape index (κ2) is 30.5.